The summed E-state index contributed by atoms with van der Waals surface area (Å²) in [6.07, 6.45) is 5.11. The van der Waals surface area contributed by atoms with Crippen LogP contribution in [0.25, 0.3) is 0 Å². The fraction of sp³-hybridized carbons (Fsp3) is 0.545. The summed E-state index contributed by atoms with van der Waals surface area (Å²) in [4.78, 5) is 6.32. The van der Waals surface area contributed by atoms with E-state index in [-0.39, 0.29) is 0 Å². The van der Waals surface area contributed by atoms with Crippen molar-refractivity contribution in [2.75, 3.05) is 24.4 Å². The Hall–Kier alpha value is -0.470. The van der Waals surface area contributed by atoms with Gasteiger partial charge in [0.05, 0.1) is 5.02 Å². The number of pyridine rings is 1. The molecule has 1 aromatic rings. The molecule has 0 atom stereocenters. The third-order valence-electron chi connectivity index (χ3n) is 2.23. The highest BCUT2D eigenvalue weighted by atomic mass is 35.5. The molecule has 0 aliphatic rings. The molecule has 0 fully saturated rings. The fourth-order valence-electron chi connectivity index (χ4n) is 1.38. The van der Waals surface area contributed by atoms with Gasteiger partial charge < -0.3 is 4.90 Å². The highest BCUT2D eigenvalue weighted by Gasteiger charge is 2.05. The molecule has 0 saturated heterocycles. The Labute approximate surface area is 101 Å². The number of nitrogens with zero attached hydrogens (tertiary/aromatic N) is 2. The largest absolute Gasteiger partial charge is 0.358 e. The third kappa shape index (κ3) is 4.27. The van der Waals surface area contributed by atoms with Crippen molar-refractivity contribution in [1.29, 1.82) is 0 Å². The molecule has 0 spiro atoms. The summed E-state index contributed by atoms with van der Waals surface area (Å²) in [6.45, 7) is 0.966. The van der Waals surface area contributed by atoms with E-state index in [9.17, 15) is 0 Å². The van der Waals surface area contributed by atoms with E-state index in [1.165, 1.54) is 0 Å². The molecule has 0 radical (unpaired) electrons. The van der Waals surface area contributed by atoms with Crippen LogP contribution in [0.4, 0.5) is 5.82 Å². The summed E-state index contributed by atoms with van der Waals surface area (Å²) in [5.41, 5.74) is 0. The Kier molecular flexibility index (Phi) is 5.81. The predicted molar refractivity (Wildman–Crippen MR) is 67.1 cm³/mol. The molecule has 2 nitrogen and oxygen atoms in total. The van der Waals surface area contributed by atoms with Gasteiger partial charge in [0.25, 0.3) is 0 Å². The van der Waals surface area contributed by atoms with Crippen LogP contribution in [-0.4, -0.2) is 24.5 Å². The number of aromatic nitrogens is 1. The number of hydrogen-bond donors (Lipinski definition) is 0. The molecule has 0 saturated carbocycles. The first-order valence-electron chi connectivity index (χ1n) is 5.13. The maximum absolute atomic E-state index is 6.03. The highest BCUT2D eigenvalue weighted by molar-refractivity contribution is 6.32. The summed E-state index contributed by atoms with van der Waals surface area (Å²) < 4.78 is 0. The van der Waals surface area contributed by atoms with Crippen LogP contribution in [0, 0.1) is 0 Å². The van der Waals surface area contributed by atoms with Crippen LogP contribution in [0.1, 0.15) is 19.3 Å². The van der Waals surface area contributed by atoms with Crippen molar-refractivity contribution in [1.82, 2.24) is 4.98 Å². The lowest BCUT2D eigenvalue weighted by molar-refractivity contribution is 0.704. The van der Waals surface area contributed by atoms with Crippen molar-refractivity contribution >= 4 is 29.0 Å². The Balaban J connectivity index is 2.40. The van der Waals surface area contributed by atoms with Crippen molar-refractivity contribution in [3.05, 3.63) is 23.4 Å². The predicted octanol–water partition coefficient (Wildman–Crippen LogP) is 3.58. The number of halogens is 2. The van der Waals surface area contributed by atoms with Gasteiger partial charge in [-0.15, -0.1) is 11.6 Å². The zero-order chi connectivity index (χ0) is 11.1. The second-order valence-electron chi connectivity index (χ2n) is 3.48. The minimum Gasteiger partial charge on any atom is -0.358 e. The first kappa shape index (κ1) is 12.6. The van der Waals surface area contributed by atoms with E-state index in [2.05, 4.69) is 9.88 Å². The zero-order valence-corrected chi connectivity index (χ0v) is 10.4. The van der Waals surface area contributed by atoms with Gasteiger partial charge in [0, 0.05) is 25.7 Å². The summed E-state index contributed by atoms with van der Waals surface area (Å²) in [7, 11) is 2.01. The van der Waals surface area contributed by atoms with E-state index in [0.717, 1.165) is 37.5 Å². The van der Waals surface area contributed by atoms with Crippen molar-refractivity contribution in [3.8, 4) is 0 Å². The fourth-order valence-corrected chi connectivity index (χ4v) is 1.84. The Morgan fingerprint density at radius 2 is 2.13 bits per heavy atom. The first-order valence-corrected chi connectivity index (χ1v) is 6.04. The topological polar surface area (TPSA) is 16.1 Å². The third-order valence-corrected chi connectivity index (χ3v) is 2.79. The minimum absolute atomic E-state index is 0.706. The van der Waals surface area contributed by atoms with Crippen LogP contribution in [0.15, 0.2) is 18.3 Å². The number of alkyl halides is 1. The molecule has 0 aromatic carbocycles. The number of hydrogen-bond acceptors (Lipinski definition) is 2. The van der Waals surface area contributed by atoms with E-state index in [4.69, 9.17) is 23.2 Å². The van der Waals surface area contributed by atoms with Crippen molar-refractivity contribution < 1.29 is 0 Å². The summed E-state index contributed by atoms with van der Waals surface area (Å²) in [5.74, 6) is 1.60. The van der Waals surface area contributed by atoms with Crippen LogP contribution < -0.4 is 4.90 Å². The number of rotatable bonds is 6. The molecule has 4 heteroatoms. The average Bonchev–Trinajstić information content (AvgIpc) is 2.25. The zero-order valence-electron chi connectivity index (χ0n) is 8.92. The molecule has 1 rings (SSSR count). The Bertz CT molecular complexity index is 292. The Morgan fingerprint density at radius 1 is 1.33 bits per heavy atom. The molecular formula is C11H16Cl2N2. The van der Waals surface area contributed by atoms with Gasteiger partial charge in [-0.25, -0.2) is 4.98 Å². The molecule has 0 unspecified atom stereocenters. The van der Waals surface area contributed by atoms with Gasteiger partial charge in [-0.05, 0) is 25.0 Å². The van der Waals surface area contributed by atoms with Crippen molar-refractivity contribution in [2.45, 2.75) is 19.3 Å². The molecular weight excluding hydrogens is 231 g/mol. The lowest BCUT2D eigenvalue weighted by Gasteiger charge is -2.18. The SMILES string of the molecule is CN(CCCCCCl)c1ncccc1Cl. The molecule has 0 N–H and O–H groups in total. The maximum atomic E-state index is 6.03. The van der Waals surface area contributed by atoms with E-state index in [0.29, 0.717) is 5.02 Å². The maximum Gasteiger partial charge on any atom is 0.147 e. The van der Waals surface area contributed by atoms with Crippen LogP contribution in [0.2, 0.25) is 5.02 Å². The van der Waals surface area contributed by atoms with E-state index < -0.39 is 0 Å². The second-order valence-corrected chi connectivity index (χ2v) is 4.27. The van der Waals surface area contributed by atoms with Gasteiger partial charge >= 0.3 is 0 Å². The van der Waals surface area contributed by atoms with E-state index in [1.807, 2.05) is 19.2 Å². The van der Waals surface area contributed by atoms with E-state index >= 15 is 0 Å². The van der Waals surface area contributed by atoms with Crippen LogP contribution >= 0.6 is 23.2 Å². The molecule has 0 amide bonds. The highest BCUT2D eigenvalue weighted by Crippen LogP contribution is 2.21. The average molecular weight is 247 g/mol. The van der Waals surface area contributed by atoms with Crippen LogP contribution in [0.5, 0.6) is 0 Å². The molecule has 1 heterocycles. The number of anilines is 1. The second kappa shape index (κ2) is 6.91. The standard InChI is InChI=1S/C11H16Cl2N2/c1-15(9-4-2-3-7-12)11-10(13)6-5-8-14-11/h5-6,8H,2-4,7,9H2,1H3. The quantitative estimate of drug-likeness (QED) is 0.564. The van der Waals surface area contributed by atoms with Crippen LogP contribution in [-0.2, 0) is 0 Å². The summed E-state index contributed by atoms with van der Waals surface area (Å²) >= 11 is 11.6. The van der Waals surface area contributed by atoms with Gasteiger partial charge in [-0.1, -0.05) is 18.0 Å². The van der Waals surface area contributed by atoms with E-state index in [1.54, 1.807) is 6.20 Å². The lowest BCUT2D eigenvalue weighted by atomic mass is 10.2. The smallest absolute Gasteiger partial charge is 0.147 e. The van der Waals surface area contributed by atoms with Gasteiger partial charge in [0.15, 0.2) is 0 Å². The van der Waals surface area contributed by atoms with Crippen LogP contribution in [0.3, 0.4) is 0 Å². The van der Waals surface area contributed by atoms with Crippen molar-refractivity contribution in [3.63, 3.8) is 0 Å². The van der Waals surface area contributed by atoms with Gasteiger partial charge in [0.1, 0.15) is 5.82 Å². The monoisotopic (exact) mass is 246 g/mol. The molecule has 1 aromatic heterocycles. The molecule has 84 valence electrons. The summed E-state index contributed by atoms with van der Waals surface area (Å²) in [5, 5.41) is 0.706. The van der Waals surface area contributed by atoms with Gasteiger partial charge in [-0.3, -0.25) is 0 Å². The minimum atomic E-state index is 0.706. The van der Waals surface area contributed by atoms with Crippen molar-refractivity contribution in [2.24, 2.45) is 0 Å². The molecule has 0 aliphatic carbocycles. The normalized spacial score (nSPS) is 10.3. The number of unbranched alkanes of at least 4 members (excludes halogenated alkanes) is 2. The first-order chi connectivity index (χ1) is 7.25. The van der Waals surface area contributed by atoms with Gasteiger partial charge in [-0.2, -0.15) is 0 Å². The molecule has 0 bridgehead atoms. The lowest BCUT2D eigenvalue weighted by Crippen LogP contribution is -2.19. The summed E-state index contributed by atoms with van der Waals surface area (Å²) in [6, 6.07) is 3.70. The Morgan fingerprint density at radius 3 is 2.80 bits per heavy atom. The molecule has 0 aliphatic heterocycles. The molecule has 15 heavy (non-hydrogen) atoms. The van der Waals surface area contributed by atoms with Gasteiger partial charge in [0.2, 0.25) is 0 Å².